The van der Waals surface area contributed by atoms with Gasteiger partial charge >= 0.3 is 0 Å². The molecule has 1 fully saturated rings. The molecule has 0 radical (unpaired) electrons. The third-order valence-corrected chi connectivity index (χ3v) is 4.41. The molecule has 0 bridgehead atoms. The molecule has 1 aromatic heterocycles. The Bertz CT molecular complexity index is 477. The van der Waals surface area contributed by atoms with Gasteiger partial charge in [-0.1, -0.05) is 30.3 Å². The van der Waals surface area contributed by atoms with Gasteiger partial charge in [0.2, 0.25) is 0 Å². The molecule has 2 aromatic rings. The Balaban J connectivity index is 1.80. The van der Waals surface area contributed by atoms with Crippen LogP contribution in [0.25, 0.3) is 0 Å². The molecule has 1 saturated heterocycles. The van der Waals surface area contributed by atoms with Crippen molar-refractivity contribution in [2.45, 2.75) is 18.4 Å². The maximum atomic E-state index is 5.64. The van der Waals surface area contributed by atoms with Gasteiger partial charge in [0.15, 0.2) is 0 Å². The fourth-order valence-electron chi connectivity index (χ4n) is 2.69. The zero-order valence-corrected chi connectivity index (χ0v) is 11.7. The van der Waals surface area contributed by atoms with Gasteiger partial charge in [0.05, 0.1) is 13.2 Å². The van der Waals surface area contributed by atoms with Crippen molar-refractivity contribution in [2.24, 2.45) is 0 Å². The van der Waals surface area contributed by atoms with E-state index in [9.17, 15) is 0 Å². The van der Waals surface area contributed by atoms with Crippen molar-refractivity contribution in [1.82, 2.24) is 5.32 Å². The summed E-state index contributed by atoms with van der Waals surface area (Å²) in [5, 5.41) is 8.04. The quantitative estimate of drug-likeness (QED) is 0.924. The van der Waals surface area contributed by atoms with E-state index in [1.807, 2.05) is 0 Å². The molecule has 1 aliphatic heterocycles. The third kappa shape index (κ3) is 3.24. The largest absolute Gasteiger partial charge is 0.378 e. The summed E-state index contributed by atoms with van der Waals surface area (Å²) >= 11 is 1.77. The lowest BCUT2D eigenvalue weighted by molar-refractivity contribution is 0.0678. The van der Waals surface area contributed by atoms with Crippen LogP contribution in [0, 0.1) is 0 Å². The van der Waals surface area contributed by atoms with E-state index in [4.69, 9.17) is 4.74 Å². The standard InChI is InChI=1S/C16H19NOS/c1-2-4-13(5-3-1)10-15(14-6-9-19-12-14)16-11-18-8-7-17-16/h1-6,9,12,15-17H,7-8,10-11H2. The molecule has 1 N–H and O–H groups in total. The predicted octanol–water partition coefficient (Wildman–Crippen LogP) is 3.06. The summed E-state index contributed by atoms with van der Waals surface area (Å²) in [6.45, 7) is 2.60. The highest BCUT2D eigenvalue weighted by molar-refractivity contribution is 7.07. The van der Waals surface area contributed by atoms with Crippen LogP contribution in [0.4, 0.5) is 0 Å². The van der Waals surface area contributed by atoms with E-state index < -0.39 is 0 Å². The minimum atomic E-state index is 0.420. The van der Waals surface area contributed by atoms with Crippen LogP contribution in [0.5, 0.6) is 0 Å². The molecule has 1 aliphatic rings. The minimum Gasteiger partial charge on any atom is -0.378 e. The number of rotatable bonds is 4. The average molecular weight is 273 g/mol. The molecule has 0 aliphatic carbocycles. The van der Waals surface area contributed by atoms with Crippen LogP contribution in [0.15, 0.2) is 47.2 Å². The number of hydrogen-bond donors (Lipinski definition) is 1. The third-order valence-electron chi connectivity index (χ3n) is 3.71. The highest BCUT2D eigenvalue weighted by Gasteiger charge is 2.25. The van der Waals surface area contributed by atoms with Crippen LogP contribution in [-0.2, 0) is 11.2 Å². The monoisotopic (exact) mass is 273 g/mol. The van der Waals surface area contributed by atoms with Crippen LogP contribution in [-0.4, -0.2) is 25.8 Å². The van der Waals surface area contributed by atoms with Gasteiger partial charge in [0.1, 0.15) is 0 Å². The number of benzene rings is 1. The summed E-state index contributed by atoms with van der Waals surface area (Å²) in [5.74, 6) is 0.494. The van der Waals surface area contributed by atoms with Crippen molar-refractivity contribution in [3.8, 4) is 0 Å². The summed E-state index contributed by atoms with van der Waals surface area (Å²) in [6, 6.07) is 13.4. The molecule has 100 valence electrons. The predicted molar refractivity (Wildman–Crippen MR) is 79.8 cm³/mol. The Morgan fingerprint density at radius 3 is 2.84 bits per heavy atom. The van der Waals surface area contributed by atoms with Gasteiger partial charge in [-0.25, -0.2) is 0 Å². The SMILES string of the molecule is c1ccc(CC(c2ccsc2)C2COCCN2)cc1. The van der Waals surface area contributed by atoms with Crippen molar-refractivity contribution >= 4 is 11.3 Å². The lowest BCUT2D eigenvalue weighted by Gasteiger charge is -2.31. The summed E-state index contributed by atoms with van der Waals surface area (Å²) in [5.41, 5.74) is 2.82. The van der Waals surface area contributed by atoms with E-state index in [-0.39, 0.29) is 0 Å². The maximum absolute atomic E-state index is 5.64. The second kappa shape index (κ2) is 6.33. The van der Waals surface area contributed by atoms with Crippen LogP contribution in [0.2, 0.25) is 0 Å². The van der Waals surface area contributed by atoms with Crippen molar-refractivity contribution in [1.29, 1.82) is 0 Å². The first-order valence-electron chi connectivity index (χ1n) is 6.80. The Labute approximate surface area is 118 Å². The summed E-state index contributed by atoms with van der Waals surface area (Å²) in [6.07, 6.45) is 1.07. The first-order valence-corrected chi connectivity index (χ1v) is 7.75. The summed E-state index contributed by atoms with van der Waals surface area (Å²) in [7, 11) is 0. The molecule has 0 spiro atoms. The lowest BCUT2D eigenvalue weighted by Crippen LogP contribution is -2.45. The highest BCUT2D eigenvalue weighted by atomic mass is 32.1. The number of morpholine rings is 1. The van der Waals surface area contributed by atoms with E-state index in [0.717, 1.165) is 26.2 Å². The molecule has 0 saturated carbocycles. The summed E-state index contributed by atoms with van der Waals surface area (Å²) < 4.78 is 5.64. The van der Waals surface area contributed by atoms with Crippen LogP contribution in [0.3, 0.4) is 0 Å². The van der Waals surface area contributed by atoms with Gasteiger partial charge in [0, 0.05) is 18.5 Å². The van der Waals surface area contributed by atoms with Crippen LogP contribution < -0.4 is 5.32 Å². The molecule has 3 rings (SSSR count). The smallest absolute Gasteiger partial charge is 0.0626 e. The number of nitrogens with one attached hydrogen (secondary N) is 1. The number of thiophene rings is 1. The maximum Gasteiger partial charge on any atom is 0.0626 e. The van der Waals surface area contributed by atoms with Crippen molar-refractivity contribution in [3.63, 3.8) is 0 Å². The molecular weight excluding hydrogens is 254 g/mol. The van der Waals surface area contributed by atoms with Gasteiger partial charge in [-0.2, -0.15) is 11.3 Å². The van der Waals surface area contributed by atoms with E-state index in [1.54, 1.807) is 11.3 Å². The molecule has 1 aromatic carbocycles. The average Bonchev–Trinajstić information content (AvgIpc) is 3.01. The molecular formula is C16H19NOS. The number of ether oxygens (including phenoxy) is 1. The Kier molecular flexibility index (Phi) is 4.28. The Morgan fingerprint density at radius 1 is 1.26 bits per heavy atom. The first kappa shape index (κ1) is 12.9. The van der Waals surface area contributed by atoms with E-state index >= 15 is 0 Å². The van der Waals surface area contributed by atoms with Gasteiger partial charge in [0.25, 0.3) is 0 Å². The molecule has 2 nitrogen and oxygen atoms in total. The molecule has 19 heavy (non-hydrogen) atoms. The van der Waals surface area contributed by atoms with Gasteiger partial charge in [-0.15, -0.1) is 0 Å². The lowest BCUT2D eigenvalue weighted by atomic mass is 9.87. The van der Waals surface area contributed by atoms with E-state index in [0.29, 0.717) is 12.0 Å². The molecule has 3 heteroatoms. The fourth-order valence-corrected chi connectivity index (χ4v) is 3.42. The van der Waals surface area contributed by atoms with E-state index in [2.05, 4.69) is 52.5 Å². The normalized spacial score (nSPS) is 21.2. The van der Waals surface area contributed by atoms with Crippen molar-refractivity contribution < 1.29 is 4.74 Å². The van der Waals surface area contributed by atoms with Gasteiger partial charge in [-0.05, 0) is 34.4 Å². The molecule has 2 unspecified atom stereocenters. The molecule has 2 heterocycles. The minimum absolute atomic E-state index is 0.420. The van der Waals surface area contributed by atoms with Crippen LogP contribution >= 0.6 is 11.3 Å². The van der Waals surface area contributed by atoms with E-state index in [1.165, 1.54) is 11.1 Å². The Morgan fingerprint density at radius 2 is 2.16 bits per heavy atom. The first-order chi connectivity index (χ1) is 9.43. The van der Waals surface area contributed by atoms with Gasteiger partial charge in [-0.3, -0.25) is 0 Å². The molecule has 2 atom stereocenters. The second-order valence-corrected chi connectivity index (χ2v) is 5.77. The second-order valence-electron chi connectivity index (χ2n) is 4.99. The number of hydrogen-bond acceptors (Lipinski definition) is 3. The van der Waals surface area contributed by atoms with Gasteiger partial charge < -0.3 is 10.1 Å². The van der Waals surface area contributed by atoms with Crippen molar-refractivity contribution in [3.05, 3.63) is 58.3 Å². The zero-order chi connectivity index (χ0) is 12.9. The Hall–Kier alpha value is -1.16. The highest BCUT2D eigenvalue weighted by Crippen LogP contribution is 2.27. The molecule has 0 amide bonds. The topological polar surface area (TPSA) is 21.3 Å². The fraction of sp³-hybridized carbons (Fsp3) is 0.375. The van der Waals surface area contributed by atoms with Crippen molar-refractivity contribution in [2.75, 3.05) is 19.8 Å². The zero-order valence-electron chi connectivity index (χ0n) is 10.9. The van der Waals surface area contributed by atoms with Crippen LogP contribution in [0.1, 0.15) is 17.0 Å². The summed E-state index contributed by atoms with van der Waals surface area (Å²) in [4.78, 5) is 0.